The van der Waals surface area contributed by atoms with E-state index >= 15 is 0 Å². The summed E-state index contributed by atoms with van der Waals surface area (Å²) in [6.45, 7) is 1.82. The van der Waals surface area contributed by atoms with Crippen LogP contribution in [0.25, 0.3) is 0 Å². The Morgan fingerprint density at radius 2 is 1.83 bits per heavy atom. The first-order chi connectivity index (χ1) is 14.3. The van der Waals surface area contributed by atoms with Gasteiger partial charge in [-0.1, -0.05) is 11.6 Å². The summed E-state index contributed by atoms with van der Waals surface area (Å²) in [6.07, 6.45) is 1.07. The van der Waals surface area contributed by atoms with Crippen LogP contribution < -0.4 is 14.4 Å². The van der Waals surface area contributed by atoms with Gasteiger partial charge in [-0.2, -0.15) is 11.8 Å². The fourth-order valence-corrected chi connectivity index (χ4v) is 6.15. The summed E-state index contributed by atoms with van der Waals surface area (Å²) in [6, 6.07) is 13.6. The van der Waals surface area contributed by atoms with Crippen molar-refractivity contribution in [1.29, 1.82) is 0 Å². The number of rotatable bonds is 5. The number of ether oxygens (including phenoxy) is 1. The molecule has 0 saturated carbocycles. The monoisotopic (exact) mass is 466 g/mol. The fraction of sp³-hybridized carbons (Fsp3) is 0.381. The number of hydrogen-bond donors (Lipinski definition) is 1. The minimum Gasteiger partial charge on any atom is -0.489 e. The van der Waals surface area contributed by atoms with E-state index in [1.165, 1.54) is 11.2 Å². The van der Waals surface area contributed by atoms with Gasteiger partial charge in [0.15, 0.2) is 4.75 Å². The predicted octanol–water partition coefficient (Wildman–Crippen LogP) is 4.16. The highest BCUT2D eigenvalue weighted by Crippen LogP contribution is 2.36. The van der Waals surface area contributed by atoms with Crippen molar-refractivity contribution in [2.75, 3.05) is 27.7 Å². The van der Waals surface area contributed by atoms with Crippen molar-refractivity contribution in [3.05, 3.63) is 53.6 Å². The first-order valence-corrected chi connectivity index (χ1v) is 12.7. The highest BCUT2D eigenvalue weighted by molar-refractivity contribution is 8.00. The maximum atomic E-state index is 13.4. The number of nitrogens with one attached hydrogen (secondary N) is 1. The molecule has 2 aromatic rings. The van der Waals surface area contributed by atoms with Crippen LogP contribution in [0.1, 0.15) is 19.8 Å². The standard InChI is InChI=1S/C21H23ClN2O4S2/c1-21(11-2-12-24(30(21,26)27)17-7-3-15(22)4-8-17)20(25)23-16-5-9-18(10-6-16)28-19-13-29-14-19/h3-10,19H,2,11-14H2,1H3,(H,23,25)/t21-/m0/s1. The minimum absolute atomic E-state index is 0.237. The van der Waals surface area contributed by atoms with E-state index in [2.05, 4.69) is 5.32 Å². The Balaban J connectivity index is 1.51. The van der Waals surface area contributed by atoms with Crippen LogP contribution in [0.2, 0.25) is 5.02 Å². The molecule has 0 radical (unpaired) electrons. The zero-order valence-electron chi connectivity index (χ0n) is 16.5. The van der Waals surface area contributed by atoms with Crippen molar-refractivity contribution < 1.29 is 17.9 Å². The molecule has 2 aliphatic rings. The Kier molecular flexibility index (Phi) is 5.92. The number of amides is 1. The zero-order chi connectivity index (χ0) is 21.4. The molecule has 160 valence electrons. The molecule has 2 saturated heterocycles. The van der Waals surface area contributed by atoms with E-state index in [-0.39, 0.29) is 12.5 Å². The van der Waals surface area contributed by atoms with Gasteiger partial charge in [0.05, 0.1) is 5.69 Å². The van der Waals surface area contributed by atoms with Crippen molar-refractivity contribution in [3.63, 3.8) is 0 Å². The van der Waals surface area contributed by atoms with E-state index < -0.39 is 20.7 Å². The van der Waals surface area contributed by atoms with Crippen LogP contribution in [0, 0.1) is 0 Å². The maximum absolute atomic E-state index is 13.4. The molecule has 2 heterocycles. The molecule has 9 heteroatoms. The number of anilines is 2. The summed E-state index contributed by atoms with van der Waals surface area (Å²) in [4.78, 5) is 13.1. The smallest absolute Gasteiger partial charge is 0.249 e. The van der Waals surface area contributed by atoms with E-state index in [9.17, 15) is 13.2 Å². The predicted molar refractivity (Wildman–Crippen MR) is 122 cm³/mol. The summed E-state index contributed by atoms with van der Waals surface area (Å²) in [7, 11) is -3.92. The average Bonchev–Trinajstić information content (AvgIpc) is 2.69. The lowest BCUT2D eigenvalue weighted by atomic mass is 10.0. The molecule has 1 N–H and O–H groups in total. The van der Waals surface area contributed by atoms with Gasteiger partial charge < -0.3 is 10.1 Å². The number of carbonyl (C=O) groups is 1. The third-order valence-electron chi connectivity index (χ3n) is 5.49. The highest BCUT2D eigenvalue weighted by atomic mass is 35.5. The van der Waals surface area contributed by atoms with Crippen LogP contribution >= 0.6 is 23.4 Å². The Hall–Kier alpha value is -1.90. The molecule has 0 aliphatic carbocycles. The first kappa shape index (κ1) is 21.3. The summed E-state index contributed by atoms with van der Waals surface area (Å²) in [5.41, 5.74) is 1.05. The number of thioether (sulfide) groups is 1. The van der Waals surface area contributed by atoms with E-state index in [4.69, 9.17) is 16.3 Å². The lowest BCUT2D eigenvalue weighted by Gasteiger charge is -2.39. The fourth-order valence-electron chi connectivity index (χ4n) is 3.51. The van der Waals surface area contributed by atoms with Gasteiger partial charge in [-0.3, -0.25) is 9.10 Å². The summed E-state index contributed by atoms with van der Waals surface area (Å²) < 4.78 is 32.3. The molecular weight excluding hydrogens is 444 g/mol. The Morgan fingerprint density at radius 1 is 1.17 bits per heavy atom. The van der Waals surface area contributed by atoms with E-state index in [0.29, 0.717) is 29.4 Å². The number of benzene rings is 2. The number of nitrogens with zero attached hydrogens (tertiary/aromatic N) is 1. The van der Waals surface area contributed by atoms with Gasteiger partial charge in [-0.15, -0.1) is 0 Å². The largest absolute Gasteiger partial charge is 0.489 e. The second-order valence-electron chi connectivity index (χ2n) is 7.64. The summed E-state index contributed by atoms with van der Waals surface area (Å²) >= 11 is 7.77. The molecule has 2 aliphatic heterocycles. The molecule has 2 fully saturated rings. The van der Waals surface area contributed by atoms with Gasteiger partial charge in [-0.05, 0) is 68.3 Å². The Labute approximate surface area is 186 Å². The third-order valence-corrected chi connectivity index (χ3v) is 9.46. The SMILES string of the molecule is C[C@@]1(C(=O)Nc2ccc(OC3CSC3)cc2)CCCN(c2ccc(Cl)cc2)S1(=O)=O. The van der Waals surface area contributed by atoms with Crippen LogP contribution in [-0.4, -0.2) is 43.2 Å². The normalized spacial score (nSPS) is 23.5. The first-order valence-electron chi connectivity index (χ1n) is 9.73. The second-order valence-corrected chi connectivity index (χ2v) is 11.4. The molecule has 1 amide bonds. The number of sulfonamides is 1. The molecule has 30 heavy (non-hydrogen) atoms. The van der Waals surface area contributed by atoms with E-state index in [0.717, 1.165) is 17.3 Å². The number of halogens is 1. The van der Waals surface area contributed by atoms with Gasteiger partial charge >= 0.3 is 0 Å². The Morgan fingerprint density at radius 3 is 2.43 bits per heavy atom. The van der Waals surface area contributed by atoms with Gasteiger partial charge in [0.25, 0.3) is 0 Å². The molecular formula is C21H23ClN2O4S2. The van der Waals surface area contributed by atoms with Gasteiger partial charge in [-0.25, -0.2) is 8.42 Å². The number of carbonyl (C=O) groups excluding carboxylic acids is 1. The quantitative estimate of drug-likeness (QED) is 0.716. The average molecular weight is 467 g/mol. The lowest BCUT2D eigenvalue weighted by Crippen LogP contribution is -2.57. The van der Waals surface area contributed by atoms with Gasteiger partial charge in [0.2, 0.25) is 15.9 Å². The van der Waals surface area contributed by atoms with Gasteiger partial charge in [0.1, 0.15) is 11.9 Å². The molecule has 1 atom stereocenters. The van der Waals surface area contributed by atoms with Crippen molar-refractivity contribution >= 4 is 50.7 Å². The molecule has 4 rings (SSSR count). The molecule has 2 aromatic carbocycles. The van der Waals surface area contributed by atoms with Crippen LogP contribution in [0.3, 0.4) is 0 Å². The molecule has 0 unspecified atom stereocenters. The summed E-state index contributed by atoms with van der Waals surface area (Å²) in [5, 5.41) is 3.30. The minimum atomic E-state index is -3.92. The van der Waals surface area contributed by atoms with Crippen LogP contribution in [0.5, 0.6) is 5.75 Å². The summed E-state index contributed by atoms with van der Waals surface area (Å²) in [5.74, 6) is 2.17. The molecule has 6 nitrogen and oxygen atoms in total. The third kappa shape index (κ3) is 4.00. The second kappa shape index (κ2) is 8.32. The van der Waals surface area contributed by atoms with Crippen LogP contribution in [0.4, 0.5) is 11.4 Å². The number of hydrogen-bond acceptors (Lipinski definition) is 5. The molecule has 0 aromatic heterocycles. The maximum Gasteiger partial charge on any atom is 0.249 e. The zero-order valence-corrected chi connectivity index (χ0v) is 18.9. The van der Waals surface area contributed by atoms with Crippen molar-refractivity contribution in [3.8, 4) is 5.75 Å². The van der Waals surface area contributed by atoms with Gasteiger partial charge in [0, 0.05) is 28.8 Å². The van der Waals surface area contributed by atoms with Crippen LogP contribution in [0.15, 0.2) is 48.5 Å². The molecule has 0 bridgehead atoms. The van der Waals surface area contributed by atoms with Crippen LogP contribution in [-0.2, 0) is 14.8 Å². The molecule has 0 spiro atoms. The highest BCUT2D eigenvalue weighted by Gasteiger charge is 2.52. The lowest BCUT2D eigenvalue weighted by molar-refractivity contribution is -0.118. The Bertz CT molecular complexity index is 1020. The van der Waals surface area contributed by atoms with Crippen molar-refractivity contribution in [2.24, 2.45) is 0 Å². The van der Waals surface area contributed by atoms with E-state index in [1.807, 2.05) is 11.8 Å². The van der Waals surface area contributed by atoms with Crippen molar-refractivity contribution in [1.82, 2.24) is 0 Å². The topological polar surface area (TPSA) is 75.7 Å². The van der Waals surface area contributed by atoms with Crippen molar-refractivity contribution in [2.45, 2.75) is 30.6 Å². The van der Waals surface area contributed by atoms with E-state index in [1.54, 1.807) is 48.5 Å².